The lowest BCUT2D eigenvalue weighted by atomic mass is 9.77. The van der Waals surface area contributed by atoms with E-state index in [9.17, 15) is 0 Å². The normalized spacial score (nSPS) is 28.2. The predicted octanol–water partition coefficient (Wildman–Crippen LogP) is 3.82. The Morgan fingerprint density at radius 1 is 1.25 bits per heavy atom. The molecule has 1 unspecified atom stereocenters. The molecular weight excluding hydrogens is 244 g/mol. The molecule has 2 nitrogen and oxygen atoms in total. The highest BCUT2D eigenvalue weighted by molar-refractivity contribution is 5.19. The van der Waals surface area contributed by atoms with Crippen LogP contribution in [0, 0.1) is 0 Å². The van der Waals surface area contributed by atoms with E-state index in [2.05, 4.69) is 49.5 Å². The lowest BCUT2D eigenvalue weighted by Gasteiger charge is -2.37. The Balaban J connectivity index is 1.74. The fraction of sp³-hybridized carbons (Fsp3) is 0.667. The fourth-order valence-corrected chi connectivity index (χ4v) is 3.39. The van der Waals surface area contributed by atoms with Crippen molar-refractivity contribution in [1.29, 1.82) is 0 Å². The zero-order valence-electron chi connectivity index (χ0n) is 13.1. The number of hydrogen-bond donors (Lipinski definition) is 2. The lowest BCUT2D eigenvalue weighted by Crippen LogP contribution is -2.47. The topological polar surface area (TPSA) is 38.0 Å². The van der Waals surface area contributed by atoms with E-state index >= 15 is 0 Å². The Bertz CT molecular complexity index is 380. The summed E-state index contributed by atoms with van der Waals surface area (Å²) in [6.07, 6.45) is 7.21. The Labute approximate surface area is 124 Å². The minimum Gasteiger partial charge on any atom is -0.325 e. The van der Waals surface area contributed by atoms with Gasteiger partial charge in [0.05, 0.1) is 0 Å². The molecule has 0 amide bonds. The van der Waals surface area contributed by atoms with Crippen molar-refractivity contribution in [2.45, 2.75) is 69.9 Å². The zero-order valence-corrected chi connectivity index (χ0v) is 13.1. The van der Waals surface area contributed by atoms with Gasteiger partial charge in [-0.25, -0.2) is 0 Å². The summed E-state index contributed by atoms with van der Waals surface area (Å²) in [6, 6.07) is 11.4. The maximum absolute atomic E-state index is 6.45. The minimum absolute atomic E-state index is 0.123. The molecule has 1 atom stereocenters. The van der Waals surface area contributed by atoms with Crippen molar-refractivity contribution >= 4 is 0 Å². The van der Waals surface area contributed by atoms with E-state index in [0.717, 1.165) is 6.54 Å². The molecule has 1 aromatic rings. The first kappa shape index (κ1) is 15.5. The third-order valence-electron chi connectivity index (χ3n) is 4.81. The highest BCUT2D eigenvalue weighted by Gasteiger charge is 2.30. The van der Waals surface area contributed by atoms with Crippen LogP contribution in [-0.4, -0.2) is 18.1 Å². The van der Waals surface area contributed by atoms with Crippen molar-refractivity contribution < 1.29 is 0 Å². The van der Waals surface area contributed by atoms with Gasteiger partial charge in [-0.05, 0) is 43.6 Å². The second-order valence-corrected chi connectivity index (χ2v) is 6.61. The SMILES string of the molecule is CCCC1(N)CCC(NCC(C)c2ccccc2)CC1. The van der Waals surface area contributed by atoms with E-state index in [4.69, 9.17) is 5.73 Å². The van der Waals surface area contributed by atoms with Crippen LogP contribution in [0.5, 0.6) is 0 Å². The van der Waals surface area contributed by atoms with Crippen LogP contribution in [0.4, 0.5) is 0 Å². The van der Waals surface area contributed by atoms with Crippen LogP contribution in [0.2, 0.25) is 0 Å². The summed E-state index contributed by atoms with van der Waals surface area (Å²) >= 11 is 0. The Hall–Kier alpha value is -0.860. The molecule has 0 spiro atoms. The second kappa shape index (κ2) is 7.24. The predicted molar refractivity (Wildman–Crippen MR) is 86.9 cm³/mol. The van der Waals surface area contributed by atoms with E-state index in [1.165, 1.54) is 44.1 Å². The fourth-order valence-electron chi connectivity index (χ4n) is 3.39. The van der Waals surface area contributed by atoms with Crippen molar-refractivity contribution in [3.05, 3.63) is 35.9 Å². The van der Waals surface area contributed by atoms with Crippen LogP contribution in [0.1, 0.15) is 63.9 Å². The van der Waals surface area contributed by atoms with Crippen LogP contribution < -0.4 is 11.1 Å². The van der Waals surface area contributed by atoms with E-state index < -0.39 is 0 Å². The van der Waals surface area contributed by atoms with Crippen LogP contribution in [0.15, 0.2) is 30.3 Å². The monoisotopic (exact) mass is 274 g/mol. The summed E-state index contributed by atoms with van der Waals surface area (Å²) in [7, 11) is 0. The largest absolute Gasteiger partial charge is 0.325 e. The summed E-state index contributed by atoms with van der Waals surface area (Å²) in [5, 5.41) is 3.74. The Kier molecular flexibility index (Phi) is 5.62. The molecular formula is C18H30N2. The first-order valence-corrected chi connectivity index (χ1v) is 8.20. The summed E-state index contributed by atoms with van der Waals surface area (Å²) in [5.74, 6) is 0.580. The molecule has 1 aliphatic rings. The molecule has 2 rings (SSSR count). The summed E-state index contributed by atoms with van der Waals surface area (Å²) in [5.41, 5.74) is 8.00. The second-order valence-electron chi connectivity index (χ2n) is 6.61. The van der Waals surface area contributed by atoms with Crippen molar-refractivity contribution in [1.82, 2.24) is 5.32 Å². The Morgan fingerprint density at radius 3 is 2.50 bits per heavy atom. The molecule has 2 heteroatoms. The van der Waals surface area contributed by atoms with Gasteiger partial charge in [0.15, 0.2) is 0 Å². The van der Waals surface area contributed by atoms with Crippen molar-refractivity contribution in [3.63, 3.8) is 0 Å². The average molecular weight is 274 g/mol. The summed E-state index contributed by atoms with van der Waals surface area (Å²) in [6.45, 7) is 5.61. The number of nitrogens with two attached hydrogens (primary N) is 1. The van der Waals surface area contributed by atoms with Gasteiger partial charge in [0.1, 0.15) is 0 Å². The van der Waals surface area contributed by atoms with Crippen molar-refractivity contribution in [2.24, 2.45) is 5.73 Å². The highest BCUT2D eigenvalue weighted by atomic mass is 14.9. The van der Waals surface area contributed by atoms with Crippen LogP contribution >= 0.6 is 0 Å². The van der Waals surface area contributed by atoms with Gasteiger partial charge in [0.2, 0.25) is 0 Å². The molecule has 0 aliphatic heterocycles. The summed E-state index contributed by atoms with van der Waals surface area (Å²) < 4.78 is 0. The molecule has 0 bridgehead atoms. The molecule has 3 N–H and O–H groups in total. The van der Waals surface area contributed by atoms with Gasteiger partial charge in [-0.3, -0.25) is 0 Å². The molecule has 20 heavy (non-hydrogen) atoms. The van der Waals surface area contributed by atoms with Crippen LogP contribution in [0.25, 0.3) is 0 Å². The number of benzene rings is 1. The minimum atomic E-state index is 0.123. The van der Waals surface area contributed by atoms with E-state index in [-0.39, 0.29) is 5.54 Å². The molecule has 112 valence electrons. The molecule has 0 radical (unpaired) electrons. The van der Waals surface area contributed by atoms with E-state index in [0.29, 0.717) is 12.0 Å². The molecule has 0 saturated heterocycles. The molecule has 0 heterocycles. The number of hydrogen-bond acceptors (Lipinski definition) is 2. The first-order chi connectivity index (χ1) is 9.63. The van der Waals surface area contributed by atoms with Gasteiger partial charge in [-0.2, -0.15) is 0 Å². The summed E-state index contributed by atoms with van der Waals surface area (Å²) in [4.78, 5) is 0. The van der Waals surface area contributed by atoms with Gasteiger partial charge in [0, 0.05) is 18.1 Å². The standard InChI is InChI=1S/C18H30N2/c1-3-11-18(19)12-9-17(10-13-18)20-14-15(2)16-7-5-4-6-8-16/h4-8,15,17,20H,3,9-14,19H2,1-2H3. The molecule has 1 aliphatic carbocycles. The van der Waals surface area contributed by atoms with Crippen molar-refractivity contribution in [2.75, 3.05) is 6.54 Å². The zero-order chi connectivity index (χ0) is 14.4. The van der Waals surface area contributed by atoms with Crippen LogP contribution in [-0.2, 0) is 0 Å². The first-order valence-electron chi connectivity index (χ1n) is 8.20. The molecule has 1 saturated carbocycles. The van der Waals surface area contributed by atoms with Gasteiger partial charge >= 0.3 is 0 Å². The van der Waals surface area contributed by atoms with Gasteiger partial charge < -0.3 is 11.1 Å². The molecule has 1 fully saturated rings. The highest BCUT2D eigenvalue weighted by Crippen LogP contribution is 2.30. The Morgan fingerprint density at radius 2 is 1.90 bits per heavy atom. The molecule has 1 aromatic carbocycles. The maximum atomic E-state index is 6.45. The van der Waals surface area contributed by atoms with Gasteiger partial charge in [-0.1, -0.05) is 50.6 Å². The molecule has 0 aromatic heterocycles. The smallest absolute Gasteiger partial charge is 0.0155 e. The average Bonchev–Trinajstić information content (AvgIpc) is 2.47. The van der Waals surface area contributed by atoms with Gasteiger partial charge in [0.25, 0.3) is 0 Å². The van der Waals surface area contributed by atoms with E-state index in [1.807, 2.05) is 0 Å². The quantitative estimate of drug-likeness (QED) is 0.827. The number of rotatable bonds is 6. The maximum Gasteiger partial charge on any atom is 0.0155 e. The lowest BCUT2D eigenvalue weighted by molar-refractivity contribution is 0.234. The van der Waals surface area contributed by atoms with Crippen LogP contribution in [0.3, 0.4) is 0 Å². The third-order valence-corrected chi connectivity index (χ3v) is 4.81. The van der Waals surface area contributed by atoms with E-state index in [1.54, 1.807) is 0 Å². The number of nitrogens with one attached hydrogen (secondary N) is 1. The van der Waals surface area contributed by atoms with Gasteiger partial charge in [-0.15, -0.1) is 0 Å². The third kappa shape index (κ3) is 4.32. The van der Waals surface area contributed by atoms with Crippen molar-refractivity contribution in [3.8, 4) is 0 Å².